The van der Waals surface area contributed by atoms with Gasteiger partial charge < -0.3 is 20.6 Å². The molecule has 0 atom stereocenters. The molecule has 3 heterocycles. The number of nitrogens with zero attached hydrogens (tertiary/aromatic N) is 3. The zero-order chi connectivity index (χ0) is 25.2. The fourth-order valence-corrected chi connectivity index (χ4v) is 4.53. The molecule has 3 N–H and O–H groups in total. The topological polar surface area (TPSA) is 90.4 Å². The second kappa shape index (κ2) is 10.1. The lowest BCUT2D eigenvalue weighted by molar-refractivity contribution is 0.0988. The Bertz CT molecular complexity index is 1420. The van der Waals surface area contributed by atoms with Crippen LogP contribution in [0.2, 0.25) is 5.02 Å². The van der Waals surface area contributed by atoms with Crippen LogP contribution in [0.4, 0.5) is 21.6 Å². The number of hydrogen-bond donors (Lipinski definition) is 3. The van der Waals surface area contributed by atoms with E-state index in [0.717, 1.165) is 37.7 Å². The van der Waals surface area contributed by atoms with Crippen molar-refractivity contribution in [2.24, 2.45) is 0 Å². The van der Waals surface area contributed by atoms with Crippen molar-refractivity contribution >= 4 is 45.5 Å². The molecular weight excluding hydrogens is 481 g/mol. The fraction of sp³-hybridized carbons (Fsp3) is 0.222. The van der Waals surface area contributed by atoms with Gasteiger partial charge in [-0.15, -0.1) is 0 Å². The summed E-state index contributed by atoms with van der Waals surface area (Å²) in [5.41, 5.74) is 3.64. The number of Topliss-reactive ketones (excluding diaryl/α,β-unsaturated/α-hetero) is 1. The number of aromatic nitrogens is 2. The molecule has 0 unspecified atom stereocenters. The molecule has 0 bridgehead atoms. The van der Waals surface area contributed by atoms with E-state index < -0.39 is 11.6 Å². The van der Waals surface area contributed by atoms with Gasteiger partial charge in [0.1, 0.15) is 5.82 Å². The Labute approximate surface area is 212 Å². The lowest BCUT2D eigenvalue weighted by atomic mass is 9.99. The number of halogens is 2. The average Bonchev–Trinajstić information content (AvgIpc) is 2.92. The van der Waals surface area contributed by atoms with Crippen molar-refractivity contribution in [1.29, 1.82) is 0 Å². The summed E-state index contributed by atoms with van der Waals surface area (Å²) < 4.78 is 14.2. The van der Waals surface area contributed by atoms with E-state index in [1.54, 1.807) is 31.5 Å². The first-order valence-corrected chi connectivity index (χ1v) is 12.2. The van der Waals surface area contributed by atoms with Crippen LogP contribution in [-0.4, -0.2) is 47.0 Å². The smallest absolute Gasteiger partial charge is 0.170 e. The Hall–Kier alpha value is -3.75. The first-order valence-electron chi connectivity index (χ1n) is 11.8. The summed E-state index contributed by atoms with van der Waals surface area (Å²) >= 11 is 6.01. The summed E-state index contributed by atoms with van der Waals surface area (Å²) in [5.74, 6) is -0.543. The second-order valence-corrected chi connectivity index (χ2v) is 9.02. The van der Waals surface area contributed by atoms with E-state index in [2.05, 4.69) is 25.5 Å². The maximum absolute atomic E-state index is 14.2. The zero-order valence-corrected chi connectivity index (χ0v) is 20.4. The molecule has 36 heavy (non-hydrogen) atoms. The minimum absolute atomic E-state index is 0.0542. The third-order valence-corrected chi connectivity index (χ3v) is 6.59. The quantitative estimate of drug-likeness (QED) is 0.296. The van der Waals surface area contributed by atoms with Crippen molar-refractivity contribution in [1.82, 2.24) is 15.3 Å². The average molecular weight is 506 g/mol. The van der Waals surface area contributed by atoms with Gasteiger partial charge in [-0.25, -0.2) is 9.37 Å². The van der Waals surface area contributed by atoms with Gasteiger partial charge in [0.25, 0.3) is 0 Å². The second-order valence-electron chi connectivity index (χ2n) is 8.61. The van der Waals surface area contributed by atoms with Crippen molar-refractivity contribution in [3.63, 3.8) is 0 Å². The van der Waals surface area contributed by atoms with Crippen LogP contribution in [0.5, 0.6) is 5.75 Å². The summed E-state index contributed by atoms with van der Waals surface area (Å²) in [7, 11) is 0. The Morgan fingerprint density at radius 1 is 1.11 bits per heavy atom. The number of pyridine rings is 2. The lowest BCUT2D eigenvalue weighted by Gasteiger charge is -2.28. The van der Waals surface area contributed by atoms with Gasteiger partial charge in [-0.05, 0) is 47.5 Å². The molecule has 184 valence electrons. The number of benzene rings is 2. The maximum Gasteiger partial charge on any atom is 0.170 e. The summed E-state index contributed by atoms with van der Waals surface area (Å²) in [4.78, 5) is 24.1. The SMILES string of the molecule is CCC(=O)c1cnc2ccc(-c3cc(F)c(O)c(Cl)c3)cc2c1Nc1ccc(N2CCNCC2)nc1. The van der Waals surface area contributed by atoms with E-state index in [0.29, 0.717) is 39.7 Å². The number of hydrogen-bond acceptors (Lipinski definition) is 7. The van der Waals surface area contributed by atoms with E-state index >= 15 is 0 Å². The number of phenolic OH excluding ortho intramolecular Hbond substituents is 1. The van der Waals surface area contributed by atoms with Crippen LogP contribution in [-0.2, 0) is 0 Å². The van der Waals surface area contributed by atoms with E-state index in [-0.39, 0.29) is 10.8 Å². The third-order valence-electron chi connectivity index (χ3n) is 6.30. The molecule has 9 heteroatoms. The largest absolute Gasteiger partial charge is 0.504 e. The molecule has 4 aromatic rings. The van der Waals surface area contributed by atoms with Crippen LogP contribution >= 0.6 is 11.6 Å². The number of nitrogens with one attached hydrogen (secondary N) is 2. The van der Waals surface area contributed by atoms with Crippen molar-refractivity contribution in [2.45, 2.75) is 13.3 Å². The molecule has 1 saturated heterocycles. The molecule has 1 fully saturated rings. The number of ketones is 1. The van der Waals surface area contributed by atoms with Gasteiger partial charge in [0.05, 0.1) is 33.7 Å². The van der Waals surface area contributed by atoms with Gasteiger partial charge in [-0.1, -0.05) is 24.6 Å². The Morgan fingerprint density at radius 2 is 1.92 bits per heavy atom. The Kier molecular flexibility index (Phi) is 6.71. The van der Waals surface area contributed by atoms with Crippen molar-refractivity contribution < 1.29 is 14.3 Å². The van der Waals surface area contributed by atoms with Crippen LogP contribution in [0.3, 0.4) is 0 Å². The predicted molar refractivity (Wildman–Crippen MR) is 141 cm³/mol. The molecule has 0 spiro atoms. The standard InChI is InChI=1S/C27H25ClFN5O2/c1-2-24(35)20-15-31-23-5-3-16(17-12-21(28)27(36)22(29)13-17)11-19(23)26(20)33-18-4-6-25(32-14-18)34-9-7-30-8-10-34/h3-6,11-15,30,36H,2,7-10H2,1H3,(H,31,33). The van der Waals surface area contributed by atoms with Gasteiger partial charge in [-0.3, -0.25) is 9.78 Å². The number of carbonyl (C=O) groups is 1. The lowest BCUT2D eigenvalue weighted by Crippen LogP contribution is -2.43. The molecule has 0 saturated carbocycles. The highest BCUT2D eigenvalue weighted by Gasteiger charge is 2.17. The molecule has 2 aromatic heterocycles. The van der Waals surface area contributed by atoms with Crippen molar-refractivity contribution in [3.8, 4) is 16.9 Å². The number of aromatic hydroxyl groups is 1. The molecule has 0 aliphatic carbocycles. The molecular formula is C27H25ClFN5O2. The first kappa shape index (κ1) is 24.0. The van der Waals surface area contributed by atoms with Gasteiger partial charge in [-0.2, -0.15) is 0 Å². The van der Waals surface area contributed by atoms with Crippen LogP contribution in [0.15, 0.2) is 54.9 Å². The van der Waals surface area contributed by atoms with E-state index in [1.807, 2.05) is 18.2 Å². The summed E-state index contributed by atoms with van der Waals surface area (Å²) in [6.45, 7) is 5.44. The zero-order valence-electron chi connectivity index (χ0n) is 19.7. The highest BCUT2D eigenvalue weighted by atomic mass is 35.5. The first-order chi connectivity index (χ1) is 17.4. The molecule has 1 aliphatic rings. The number of carbonyl (C=O) groups excluding carboxylic acids is 1. The number of rotatable bonds is 6. The monoisotopic (exact) mass is 505 g/mol. The van der Waals surface area contributed by atoms with Gasteiger partial charge in [0, 0.05) is 44.2 Å². The minimum atomic E-state index is -0.806. The van der Waals surface area contributed by atoms with Gasteiger partial charge in [0.15, 0.2) is 17.3 Å². The molecule has 7 nitrogen and oxygen atoms in total. The Morgan fingerprint density at radius 3 is 2.61 bits per heavy atom. The Balaban J connectivity index is 1.57. The van der Waals surface area contributed by atoms with Gasteiger partial charge >= 0.3 is 0 Å². The minimum Gasteiger partial charge on any atom is -0.504 e. The number of fused-ring (bicyclic) bond motifs is 1. The summed E-state index contributed by atoms with van der Waals surface area (Å²) in [5, 5.41) is 17.0. The fourth-order valence-electron chi connectivity index (χ4n) is 4.33. The van der Waals surface area contributed by atoms with Crippen LogP contribution in [0.25, 0.3) is 22.0 Å². The van der Waals surface area contributed by atoms with E-state index in [9.17, 15) is 14.3 Å². The molecule has 5 rings (SSSR count). The normalized spacial score (nSPS) is 13.7. The summed E-state index contributed by atoms with van der Waals surface area (Å²) in [6.07, 6.45) is 3.65. The highest BCUT2D eigenvalue weighted by molar-refractivity contribution is 6.32. The van der Waals surface area contributed by atoms with Crippen LogP contribution < -0.4 is 15.5 Å². The van der Waals surface area contributed by atoms with Gasteiger partial charge in [0.2, 0.25) is 0 Å². The highest BCUT2D eigenvalue weighted by Crippen LogP contribution is 2.36. The molecule has 2 aromatic carbocycles. The third kappa shape index (κ3) is 4.69. The summed E-state index contributed by atoms with van der Waals surface area (Å²) in [6, 6.07) is 12.1. The number of piperazine rings is 1. The predicted octanol–water partition coefficient (Wildman–Crippen LogP) is 5.54. The molecule has 0 amide bonds. The molecule has 1 aliphatic heterocycles. The molecule has 0 radical (unpaired) electrons. The van der Waals surface area contributed by atoms with Crippen molar-refractivity contribution in [3.05, 3.63) is 71.3 Å². The van der Waals surface area contributed by atoms with Crippen molar-refractivity contribution in [2.75, 3.05) is 36.4 Å². The van der Waals surface area contributed by atoms with Crippen LogP contribution in [0, 0.1) is 5.82 Å². The maximum atomic E-state index is 14.2. The van der Waals surface area contributed by atoms with Crippen LogP contribution in [0.1, 0.15) is 23.7 Å². The number of anilines is 3. The number of phenols is 1. The van der Waals surface area contributed by atoms with E-state index in [1.165, 1.54) is 12.1 Å². The van der Waals surface area contributed by atoms with E-state index in [4.69, 9.17) is 11.6 Å².